The summed E-state index contributed by atoms with van der Waals surface area (Å²) in [4.78, 5) is 53.0. The van der Waals surface area contributed by atoms with Crippen molar-refractivity contribution in [2.45, 2.75) is 51.8 Å². The van der Waals surface area contributed by atoms with E-state index in [9.17, 15) is 24.3 Å². The molecule has 0 heterocycles. The summed E-state index contributed by atoms with van der Waals surface area (Å²) in [5.41, 5.74) is 5.37. The first-order valence-electron chi connectivity index (χ1n) is 12.5. The van der Waals surface area contributed by atoms with Crippen molar-refractivity contribution in [1.82, 2.24) is 10.2 Å². The summed E-state index contributed by atoms with van der Waals surface area (Å²) in [6, 6.07) is 16.5. The Morgan fingerprint density at radius 1 is 0.974 bits per heavy atom. The number of carbonyl (C=O) groups excluding carboxylic acids is 4. The Labute approximate surface area is 227 Å². The number of phenols is 1. The lowest BCUT2D eigenvalue weighted by Gasteiger charge is -2.33. The van der Waals surface area contributed by atoms with Crippen LogP contribution in [0.3, 0.4) is 0 Å². The second kappa shape index (κ2) is 12.3. The maximum absolute atomic E-state index is 13.7. The third-order valence-corrected chi connectivity index (χ3v) is 5.78. The lowest BCUT2D eigenvalue weighted by Crippen LogP contribution is -2.53. The highest BCUT2D eigenvalue weighted by Crippen LogP contribution is 2.28. The number of alkyl carbamates (subject to hydrolysis) is 1. The predicted octanol–water partition coefficient (Wildman–Crippen LogP) is 3.84. The maximum Gasteiger partial charge on any atom is 0.408 e. The first-order chi connectivity index (χ1) is 18.4. The van der Waals surface area contributed by atoms with Crippen LogP contribution in [0.4, 0.5) is 10.5 Å². The normalized spacial score (nSPS) is 12.7. The number of amides is 4. The number of hydrogen-bond donors (Lipinski definition) is 4. The molecule has 3 aromatic rings. The lowest BCUT2D eigenvalue weighted by atomic mass is 10.0. The molecule has 3 aromatic carbocycles. The van der Waals surface area contributed by atoms with Crippen molar-refractivity contribution in [3.05, 3.63) is 72.3 Å². The summed E-state index contributed by atoms with van der Waals surface area (Å²) in [5.74, 6) is -2.19. The van der Waals surface area contributed by atoms with Crippen LogP contribution < -0.4 is 16.4 Å². The average Bonchev–Trinajstić information content (AvgIpc) is 2.84. The number of nitrogens with two attached hydrogens (primary N) is 1. The molecule has 0 saturated heterocycles. The molecule has 0 aromatic heterocycles. The average molecular weight is 535 g/mol. The van der Waals surface area contributed by atoms with E-state index in [2.05, 4.69) is 10.6 Å². The molecule has 2 unspecified atom stereocenters. The van der Waals surface area contributed by atoms with Gasteiger partial charge in [-0.3, -0.25) is 14.4 Å². The zero-order valence-corrected chi connectivity index (χ0v) is 22.4. The zero-order chi connectivity index (χ0) is 28.7. The molecule has 0 aliphatic rings. The van der Waals surface area contributed by atoms with Gasteiger partial charge in [0.1, 0.15) is 23.4 Å². The fraction of sp³-hybridized carbons (Fsp3) is 0.310. The summed E-state index contributed by atoms with van der Waals surface area (Å²) in [5, 5.41) is 17.3. The van der Waals surface area contributed by atoms with Crippen molar-refractivity contribution >= 4 is 40.3 Å². The Balaban J connectivity index is 1.97. The number of rotatable bonds is 9. The first kappa shape index (κ1) is 29.0. The van der Waals surface area contributed by atoms with E-state index in [4.69, 9.17) is 10.5 Å². The zero-order valence-electron chi connectivity index (χ0n) is 22.4. The van der Waals surface area contributed by atoms with Gasteiger partial charge in [-0.05, 0) is 68.3 Å². The van der Waals surface area contributed by atoms with Gasteiger partial charge in [-0.2, -0.15) is 0 Å². The van der Waals surface area contributed by atoms with Gasteiger partial charge in [0.2, 0.25) is 11.8 Å². The minimum atomic E-state index is -1.38. The quantitative estimate of drug-likeness (QED) is 0.327. The van der Waals surface area contributed by atoms with Gasteiger partial charge in [-0.1, -0.05) is 42.5 Å². The van der Waals surface area contributed by atoms with Crippen molar-refractivity contribution < 1.29 is 29.0 Å². The largest absolute Gasteiger partial charge is 0.508 e. The molecular weight excluding hydrogens is 500 g/mol. The maximum atomic E-state index is 13.7. The number of likely N-dealkylation sites (N-methyl/N-ethyl adjacent to an activating group) is 1. The molecule has 2 atom stereocenters. The number of aromatic hydroxyl groups is 1. The SMILES string of the molecule is CCN(C(=O)C(CC(N)=O)NC(=O)OC(C)(C)C)C(C(=O)Nc1ccc2ccccc2c1)c1cccc(O)c1. The van der Waals surface area contributed by atoms with Crippen molar-refractivity contribution in [3.8, 4) is 5.75 Å². The van der Waals surface area contributed by atoms with Crippen LogP contribution in [0.5, 0.6) is 5.75 Å². The van der Waals surface area contributed by atoms with Gasteiger partial charge in [0.25, 0.3) is 5.91 Å². The van der Waals surface area contributed by atoms with E-state index in [1.807, 2.05) is 36.4 Å². The predicted molar refractivity (Wildman–Crippen MR) is 148 cm³/mol. The Hall–Kier alpha value is -4.60. The summed E-state index contributed by atoms with van der Waals surface area (Å²) >= 11 is 0. The van der Waals surface area contributed by atoms with E-state index >= 15 is 0 Å². The molecule has 39 heavy (non-hydrogen) atoms. The molecule has 0 aliphatic carbocycles. The van der Waals surface area contributed by atoms with Crippen molar-refractivity contribution in [1.29, 1.82) is 0 Å². The molecule has 10 heteroatoms. The number of nitrogens with zero attached hydrogens (tertiary/aromatic N) is 1. The van der Waals surface area contributed by atoms with Crippen LogP contribution in [0.2, 0.25) is 0 Å². The van der Waals surface area contributed by atoms with Crippen molar-refractivity contribution in [3.63, 3.8) is 0 Å². The molecule has 5 N–H and O–H groups in total. The molecule has 206 valence electrons. The lowest BCUT2D eigenvalue weighted by molar-refractivity contribution is -0.141. The monoisotopic (exact) mass is 534 g/mol. The Bertz CT molecular complexity index is 1370. The highest BCUT2D eigenvalue weighted by atomic mass is 16.6. The third kappa shape index (κ3) is 7.94. The number of nitrogens with one attached hydrogen (secondary N) is 2. The third-order valence-electron chi connectivity index (χ3n) is 5.78. The Morgan fingerprint density at radius 2 is 1.67 bits per heavy atom. The standard InChI is InChI=1S/C29H34N4O6/c1-5-33(27(37)23(17-24(30)35)32-28(38)39-29(2,3)4)25(20-11-8-12-22(34)16-20)26(36)31-21-14-13-18-9-6-7-10-19(18)15-21/h6-16,23,25,34H,5,17H2,1-4H3,(H2,30,35)(H,31,36)(H,32,38). The molecular formula is C29H34N4O6. The highest BCUT2D eigenvalue weighted by molar-refractivity contribution is 6.01. The van der Waals surface area contributed by atoms with E-state index in [1.54, 1.807) is 45.9 Å². The topological polar surface area (TPSA) is 151 Å². The summed E-state index contributed by atoms with van der Waals surface area (Å²) in [7, 11) is 0. The molecule has 10 nitrogen and oxygen atoms in total. The van der Waals surface area contributed by atoms with E-state index < -0.39 is 47.9 Å². The van der Waals surface area contributed by atoms with Gasteiger partial charge in [-0.15, -0.1) is 0 Å². The second-order valence-electron chi connectivity index (χ2n) is 10.0. The number of benzene rings is 3. The molecule has 0 bridgehead atoms. The van der Waals surface area contributed by atoms with Gasteiger partial charge < -0.3 is 31.1 Å². The van der Waals surface area contributed by atoms with Gasteiger partial charge >= 0.3 is 6.09 Å². The molecule has 4 amide bonds. The number of ether oxygens (including phenoxy) is 1. The van der Waals surface area contributed by atoms with Crippen molar-refractivity contribution in [2.24, 2.45) is 5.73 Å². The molecule has 0 saturated carbocycles. The van der Waals surface area contributed by atoms with E-state index in [-0.39, 0.29) is 12.3 Å². The minimum Gasteiger partial charge on any atom is -0.508 e. The highest BCUT2D eigenvalue weighted by Gasteiger charge is 2.36. The van der Waals surface area contributed by atoms with Gasteiger partial charge in [-0.25, -0.2) is 4.79 Å². The Kier molecular flexibility index (Phi) is 9.13. The van der Waals surface area contributed by atoms with Gasteiger partial charge in [0, 0.05) is 12.2 Å². The van der Waals surface area contributed by atoms with Crippen LogP contribution in [-0.2, 0) is 19.1 Å². The molecule has 0 aliphatic heterocycles. The van der Waals surface area contributed by atoms with Crippen LogP contribution in [0.25, 0.3) is 10.8 Å². The fourth-order valence-corrected chi connectivity index (χ4v) is 4.16. The number of fused-ring (bicyclic) bond motifs is 1. The van der Waals surface area contributed by atoms with Crippen LogP contribution in [0, 0.1) is 0 Å². The minimum absolute atomic E-state index is 0.0373. The fourth-order valence-electron chi connectivity index (χ4n) is 4.16. The molecule has 0 fully saturated rings. The van der Waals surface area contributed by atoms with Crippen LogP contribution in [-0.4, -0.2) is 52.0 Å². The first-order valence-corrected chi connectivity index (χ1v) is 12.5. The van der Waals surface area contributed by atoms with E-state index in [0.29, 0.717) is 11.3 Å². The summed E-state index contributed by atoms with van der Waals surface area (Å²) < 4.78 is 5.25. The smallest absolute Gasteiger partial charge is 0.408 e. The van der Waals surface area contributed by atoms with E-state index in [0.717, 1.165) is 10.8 Å². The molecule has 3 rings (SSSR count). The molecule has 0 radical (unpaired) electrons. The van der Waals surface area contributed by atoms with Crippen LogP contribution >= 0.6 is 0 Å². The van der Waals surface area contributed by atoms with Gasteiger partial charge in [0.05, 0.1) is 6.42 Å². The van der Waals surface area contributed by atoms with Gasteiger partial charge in [0.15, 0.2) is 0 Å². The number of hydrogen-bond acceptors (Lipinski definition) is 6. The number of carbonyl (C=O) groups is 4. The number of anilines is 1. The number of phenolic OH excluding ortho intramolecular Hbond substituents is 1. The number of primary amides is 1. The summed E-state index contributed by atoms with van der Waals surface area (Å²) in [6.07, 6.45) is -1.42. The second-order valence-corrected chi connectivity index (χ2v) is 10.0. The summed E-state index contributed by atoms with van der Waals surface area (Å²) in [6.45, 7) is 6.67. The van der Waals surface area contributed by atoms with Crippen LogP contribution in [0.15, 0.2) is 66.7 Å². The van der Waals surface area contributed by atoms with E-state index in [1.165, 1.54) is 17.0 Å². The van der Waals surface area contributed by atoms with Crippen LogP contribution in [0.1, 0.15) is 45.7 Å². The Morgan fingerprint density at radius 3 is 2.28 bits per heavy atom. The molecule has 0 spiro atoms. The van der Waals surface area contributed by atoms with Crippen molar-refractivity contribution in [2.75, 3.05) is 11.9 Å².